The molecule has 8 heteroatoms. The number of benzene rings is 1. The van der Waals surface area contributed by atoms with E-state index < -0.39 is 23.4 Å². The summed E-state index contributed by atoms with van der Waals surface area (Å²) < 4.78 is 42.6. The fourth-order valence-corrected chi connectivity index (χ4v) is 2.38. The predicted molar refractivity (Wildman–Crippen MR) is 74.8 cm³/mol. The van der Waals surface area contributed by atoms with Crippen molar-refractivity contribution in [2.45, 2.75) is 18.9 Å². The summed E-state index contributed by atoms with van der Waals surface area (Å²) in [5.74, 6) is -2.41. The standard InChI is InChI=1S/C15H12F3N5/c16-11-1-2-12(13(17)4-11)10(6-23-9-20-8-22-23)3-15-14(18)5-19-7-21-15/h1-2,4-5,7-10H,3,6H2. The average Bonchev–Trinajstić information content (AvgIpc) is 3.02. The highest BCUT2D eigenvalue weighted by molar-refractivity contribution is 5.24. The van der Waals surface area contributed by atoms with E-state index in [0.717, 1.165) is 12.3 Å². The fourth-order valence-electron chi connectivity index (χ4n) is 2.38. The summed E-state index contributed by atoms with van der Waals surface area (Å²) in [4.78, 5) is 11.3. The Morgan fingerprint density at radius 3 is 2.61 bits per heavy atom. The predicted octanol–water partition coefficient (Wildman–Crippen LogP) is 2.51. The maximum atomic E-state index is 14.1. The lowest BCUT2D eigenvalue weighted by Gasteiger charge is -2.18. The molecule has 2 heterocycles. The van der Waals surface area contributed by atoms with Crippen molar-refractivity contribution in [3.05, 3.63) is 72.1 Å². The number of rotatable bonds is 5. The minimum atomic E-state index is -0.690. The summed E-state index contributed by atoms with van der Waals surface area (Å²) in [7, 11) is 0. The van der Waals surface area contributed by atoms with Crippen LogP contribution in [0.1, 0.15) is 17.2 Å². The Morgan fingerprint density at radius 1 is 1.04 bits per heavy atom. The molecule has 0 N–H and O–H groups in total. The van der Waals surface area contributed by atoms with E-state index in [1.807, 2.05) is 0 Å². The summed E-state index contributed by atoms with van der Waals surface area (Å²) in [6.45, 7) is 0.256. The van der Waals surface area contributed by atoms with Crippen LogP contribution in [0.5, 0.6) is 0 Å². The molecule has 3 aromatic rings. The molecule has 0 amide bonds. The van der Waals surface area contributed by atoms with Crippen LogP contribution in [0.4, 0.5) is 13.2 Å². The van der Waals surface area contributed by atoms with Crippen LogP contribution in [0, 0.1) is 17.5 Å². The zero-order valence-electron chi connectivity index (χ0n) is 11.9. The minimum Gasteiger partial charge on any atom is -0.252 e. The van der Waals surface area contributed by atoms with Crippen LogP contribution in [0.2, 0.25) is 0 Å². The van der Waals surface area contributed by atoms with Crippen LogP contribution in [0.3, 0.4) is 0 Å². The number of nitrogens with zero attached hydrogens (tertiary/aromatic N) is 5. The van der Waals surface area contributed by atoms with Gasteiger partial charge in [-0.25, -0.2) is 28.1 Å². The molecule has 0 radical (unpaired) electrons. The van der Waals surface area contributed by atoms with Crippen LogP contribution in [0.15, 0.2) is 43.4 Å². The second kappa shape index (κ2) is 6.55. The van der Waals surface area contributed by atoms with E-state index in [0.29, 0.717) is 0 Å². The van der Waals surface area contributed by atoms with Gasteiger partial charge in [-0.3, -0.25) is 4.68 Å². The van der Waals surface area contributed by atoms with Crippen molar-refractivity contribution in [2.24, 2.45) is 0 Å². The molecule has 2 aromatic heterocycles. The lowest BCUT2D eigenvalue weighted by Crippen LogP contribution is -2.15. The molecule has 1 aromatic carbocycles. The Kier molecular flexibility index (Phi) is 4.31. The van der Waals surface area contributed by atoms with Crippen molar-refractivity contribution in [1.82, 2.24) is 24.7 Å². The Labute approximate surface area is 129 Å². The third kappa shape index (κ3) is 3.53. The largest absolute Gasteiger partial charge is 0.252 e. The maximum Gasteiger partial charge on any atom is 0.162 e. The number of hydrogen-bond donors (Lipinski definition) is 0. The molecule has 0 saturated carbocycles. The van der Waals surface area contributed by atoms with Crippen molar-refractivity contribution in [3.8, 4) is 0 Å². The highest BCUT2D eigenvalue weighted by atomic mass is 19.1. The summed E-state index contributed by atoms with van der Waals surface area (Å²) in [6, 6.07) is 3.33. The van der Waals surface area contributed by atoms with E-state index in [1.54, 1.807) is 0 Å². The van der Waals surface area contributed by atoms with Gasteiger partial charge in [0.05, 0.1) is 18.4 Å². The molecule has 0 aliphatic heterocycles. The van der Waals surface area contributed by atoms with Gasteiger partial charge in [0.1, 0.15) is 30.6 Å². The average molecular weight is 319 g/mol. The van der Waals surface area contributed by atoms with Gasteiger partial charge in [-0.1, -0.05) is 6.07 Å². The fraction of sp³-hybridized carbons (Fsp3) is 0.200. The second-order valence-corrected chi connectivity index (χ2v) is 5.00. The number of hydrogen-bond acceptors (Lipinski definition) is 4. The first kappa shape index (κ1) is 15.1. The number of halogens is 3. The molecule has 0 spiro atoms. The van der Waals surface area contributed by atoms with E-state index in [1.165, 1.54) is 35.8 Å². The van der Waals surface area contributed by atoms with Gasteiger partial charge in [-0.15, -0.1) is 0 Å². The van der Waals surface area contributed by atoms with Crippen LogP contribution in [-0.2, 0) is 13.0 Å². The molecule has 3 rings (SSSR count). The smallest absolute Gasteiger partial charge is 0.162 e. The molecule has 0 bridgehead atoms. The molecule has 1 atom stereocenters. The molecular weight excluding hydrogens is 307 g/mol. The Hall–Kier alpha value is -2.77. The van der Waals surface area contributed by atoms with Crippen molar-refractivity contribution in [2.75, 3.05) is 0 Å². The van der Waals surface area contributed by atoms with Gasteiger partial charge in [0, 0.05) is 18.4 Å². The van der Waals surface area contributed by atoms with E-state index in [-0.39, 0.29) is 24.2 Å². The van der Waals surface area contributed by atoms with Gasteiger partial charge in [0.2, 0.25) is 0 Å². The van der Waals surface area contributed by atoms with Gasteiger partial charge in [-0.05, 0) is 11.6 Å². The first-order chi connectivity index (χ1) is 11.1. The molecule has 1 unspecified atom stereocenters. The van der Waals surface area contributed by atoms with E-state index in [9.17, 15) is 13.2 Å². The first-order valence-corrected chi connectivity index (χ1v) is 6.85. The Balaban J connectivity index is 1.94. The topological polar surface area (TPSA) is 56.5 Å². The molecular formula is C15H12F3N5. The molecule has 0 fully saturated rings. The van der Waals surface area contributed by atoms with Crippen LogP contribution >= 0.6 is 0 Å². The molecule has 0 aliphatic rings. The SMILES string of the molecule is Fc1ccc(C(Cc2ncncc2F)Cn2cncn2)c(F)c1. The minimum absolute atomic E-state index is 0.122. The second-order valence-electron chi connectivity index (χ2n) is 5.00. The third-order valence-electron chi connectivity index (χ3n) is 3.46. The van der Waals surface area contributed by atoms with Crippen molar-refractivity contribution in [1.29, 1.82) is 0 Å². The molecule has 5 nitrogen and oxygen atoms in total. The summed E-state index contributed by atoms with van der Waals surface area (Å²) in [6.07, 6.45) is 5.23. The highest BCUT2D eigenvalue weighted by Gasteiger charge is 2.20. The molecule has 118 valence electrons. The van der Waals surface area contributed by atoms with E-state index in [2.05, 4.69) is 20.1 Å². The van der Waals surface area contributed by atoms with Crippen LogP contribution in [-0.4, -0.2) is 24.7 Å². The Bertz CT molecular complexity index is 792. The molecule has 23 heavy (non-hydrogen) atoms. The third-order valence-corrected chi connectivity index (χ3v) is 3.46. The maximum absolute atomic E-state index is 14.1. The molecule has 0 saturated heterocycles. The van der Waals surface area contributed by atoms with Crippen molar-refractivity contribution in [3.63, 3.8) is 0 Å². The van der Waals surface area contributed by atoms with Gasteiger partial charge >= 0.3 is 0 Å². The summed E-state index contributed by atoms with van der Waals surface area (Å²) >= 11 is 0. The summed E-state index contributed by atoms with van der Waals surface area (Å²) in [5.41, 5.74) is 0.425. The number of aromatic nitrogens is 5. The van der Waals surface area contributed by atoms with Crippen molar-refractivity contribution >= 4 is 0 Å². The summed E-state index contributed by atoms with van der Waals surface area (Å²) in [5, 5.41) is 3.98. The monoisotopic (exact) mass is 319 g/mol. The van der Waals surface area contributed by atoms with Crippen LogP contribution in [0.25, 0.3) is 0 Å². The van der Waals surface area contributed by atoms with Gasteiger partial charge in [0.25, 0.3) is 0 Å². The van der Waals surface area contributed by atoms with Gasteiger partial charge in [-0.2, -0.15) is 5.10 Å². The molecule has 0 aliphatic carbocycles. The zero-order valence-corrected chi connectivity index (χ0v) is 11.9. The zero-order chi connectivity index (χ0) is 16.2. The quantitative estimate of drug-likeness (QED) is 0.725. The lowest BCUT2D eigenvalue weighted by molar-refractivity contribution is 0.470. The normalized spacial score (nSPS) is 12.3. The van der Waals surface area contributed by atoms with Gasteiger partial charge in [0.15, 0.2) is 5.82 Å². The lowest BCUT2D eigenvalue weighted by atomic mass is 9.93. The highest BCUT2D eigenvalue weighted by Crippen LogP contribution is 2.26. The van der Waals surface area contributed by atoms with Crippen LogP contribution < -0.4 is 0 Å². The van der Waals surface area contributed by atoms with E-state index >= 15 is 0 Å². The van der Waals surface area contributed by atoms with E-state index in [4.69, 9.17) is 0 Å². The van der Waals surface area contributed by atoms with Gasteiger partial charge < -0.3 is 0 Å². The first-order valence-electron chi connectivity index (χ1n) is 6.85. The Morgan fingerprint density at radius 2 is 1.91 bits per heavy atom. The van der Waals surface area contributed by atoms with Crippen molar-refractivity contribution < 1.29 is 13.2 Å².